The number of carbonyl (C=O) groups is 1. The van der Waals surface area contributed by atoms with Crippen molar-refractivity contribution < 1.29 is 9.53 Å². The van der Waals surface area contributed by atoms with Crippen molar-refractivity contribution in [2.24, 2.45) is 0 Å². The molecule has 0 spiro atoms. The van der Waals surface area contributed by atoms with Crippen LogP contribution in [0.2, 0.25) is 0 Å². The van der Waals surface area contributed by atoms with Gasteiger partial charge in [-0.05, 0) is 55.3 Å². The summed E-state index contributed by atoms with van der Waals surface area (Å²) in [5.41, 5.74) is 2.96. The maximum Gasteiger partial charge on any atom is 0.247 e. The second-order valence-corrected chi connectivity index (χ2v) is 7.06. The van der Waals surface area contributed by atoms with Crippen molar-refractivity contribution in [2.75, 3.05) is 0 Å². The Morgan fingerprint density at radius 2 is 1.72 bits per heavy atom. The van der Waals surface area contributed by atoms with Gasteiger partial charge in [0.1, 0.15) is 12.4 Å². The minimum Gasteiger partial charge on any atom is -0.487 e. The summed E-state index contributed by atoms with van der Waals surface area (Å²) in [4.78, 5) is 18.8. The van der Waals surface area contributed by atoms with E-state index in [0.717, 1.165) is 22.6 Å². The molecule has 0 unspecified atom stereocenters. The van der Waals surface area contributed by atoms with Crippen LogP contribution in [0.5, 0.6) is 5.75 Å². The molecule has 0 fully saturated rings. The smallest absolute Gasteiger partial charge is 0.247 e. The summed E-state index contributed by atoms with van der Waals surface area (Å²) in [6.07, 6.45) is 5.22. The van der Waals surface area contributed by atoms with Crippen molar-refractivity contribution in [2.45, 2.75) is 33.0 Å². The molecule has 0 bridgehead atoms. The largest absolute Gasteiger partial charge is 0.487 e. The van der Waals surface area contributed by atoms with E-state index in [9.17, 15) is 4.79 Å². The highest BCUT2D eigenvalue weighted by atomic mass is 16.5. The summed E-state index contributed by atoms with van der Waals surface area (Å²) in [6.45, 7) is 5.09. The lowest BCUT2D eigenvalue weighted by molar-refractivity contribution is -0.128. The van der Waals surface area contributed by atoms with Gasteiger partial charge in [-0.2, -0.15) is 0 Å². The molecule has 2 aromatic carbocycles. The Kier molecular flexibility index (Phi) is 7.17. The first-order valence-electron chi connectivity index (χ1n) is 9.77. The fourth-order valence-electron chi connectivity index (χ4n) is 2.87. The number of nitrogens with zero attached hydrogens (tertiary/aromatic N) is 2. The average Bonchev–Trinajstić information content (AvgIpc) is 2.76. The van der Waals surface area contributed by atoms with E-state index in [-0.39, 0.29) is 11.9 Å². The van der Waals surface area contributed by atoms with Crippen LogP contribution in [0.1, 0.15) is 30.7 Å². The molecule has 1 amide bonds. The molecular formula is C25H26N2O2. The molecule has 1 heterocycles. The third-order valence-corrected chi connectivity index (χ3v) is 4.51. The first-order chi connectivity index (χ1) is 14.1. The monoisotopic (exact) mass is 386 g/mol. The van der Waals surface area contributed by atoms with Crippen molar-refractivity contribution in [1.29, 1.82) is 0 Å². The molecule has 148 valence electrons. The molecule has 3 aromatic rings. The molecule has 0 radical (unpaired) electrons. The fraction of sp³-hybridized carbons (Fsp3) is 0.200. The van der Waals surface area contributed by atoms with Gasteiger partial charge in [0.05, 0.1) is 5.69 Å². The molecule has 0 atom stereocenters. The van der Waals surface area contributed by atoms with Gasteiger partial charge in [0.15, 0.2) is 0 Å². The SMILES string of the molecule is CC(C)N(Cc1ccccc1)C(=O)/C=C/c1ccc(OCc2ccccn2)cc1. The van der Waals surface area contributed by atoms with Crippen molar-refractivity contribution in [3.63, 3.8) is 0 Å². The summed E-state index contributed by atoms with van der Waals surface area (Å²) < 4.78 is 5.75. The molecule has 0 N–H and O–H groups in total. The summed E-state index contributed by atoms with van der Waals surface area (Å²) >= 11 is 0. The minimum atomic E-state index is -0.000619. The van der Waals surface area contributed by atoms with Gasteiger partial charge in [0.25, 0.3) is 0 Å². The number of carbonyl (C=O) groups excluding carboxylic acids is 1. The fourth-order valence-corrected chi connectivity index (χ4v) is 2.87. The predicted octanol–water partition coefficient (Wildman–Crippen LogP) is 5.11. The molecule has 1 aromatic heterocycles. The predicted molar refractivity (Wildman–Crippen MR) is 116 cm³/mol. The Hall–Kier alpha value is -3.40. The van der Waals surface area contributed by atoms with Gasteiger partial charge in [-0.25, -0.2) is 0 Å². The van der Waals surface area contributed by atoms with Crippen LogP contribution in [-0.4, -0.2) is 21.8 Å². The van der Waals surface area contributed by atoms with Crippen LogP contribution in [0, 0.1) is 0 Å². The molecule has 3 rings (SSSR count). The Labute approximate surface area is 172 Å². The topological polar surface area (TPSA) is 42.4 Å². The van der Waals surface area contributed by atoms with Crippen LogP contribution in [0.25, 0.3) is 6.08 Å². The van der Waals surface area contributed by atoms with E-state index in [2.05, 4.69) is 4.98 Å². The summed E-state index contributed by atoms with van der Waals surface area (Å²) in [6, 6.07) is 23.6. The number of rotatable bonds is 8. The normalized spacial score (nSPS) is 11.0. The molecule has 0 aliphatic carbocycles. The number of hydrogen-bond donors (Lipinski definition) is 0. The van der Waals surface area contributed by atoms with Gasteiger partial charge in [-0.3, -0.25) is 9.78 Å². The quantitative estimate of drug-likeness (QED) is 0.505. The van der Waals surface area contributed by atoms with Gasteiger partial charge in [-0.1, -0.05) is 48.5 Å². The molecule has 29 heavy (non-hydrogen) atoms. The summed E-state index contributed by atoms with van der Waals surface area (Å²) in [5.74, 6) is 0.770. The molecule has 4 heteroatoms. The van der Waals surface area contributed by atoms with Crippen LogP contribution >= 0.6 is 0 Å². The number of aromatic nitrogens is 1. The van der Waals surface area contributed by atoms with E-state index in [1.165, 1.54) is 0 Å². The lowest BCUT2D eigenvalue weighted by Crippen LogP contribution is -2.35. The summed E-state index contributed by atoms with van der Waals surface area (Å²) in [7, 11) is 0. The van der Waals surface area contributed by atoms with Gasteiger partial charge in [0.2, 0.25) is 5.91 Å². The maximum atomic E-state index is 12.7. The average molecular weight is 386 g/mol. The van der Waals surface area contributed by atoms with Crippen LogP contribution in [-0.2, 0) is 17.9 Å². The third-order valence-electron chi connectivity index (χ3n) is 4.51. The van der Waals surface area contributed by atoms with E-state index >= 15 is 0 Å². The van der Waals surface area contributed by atoms with E-state index in [1.54, 1.807) is 12.3 Å². The van der Waals surface area contributed by atoms with Crippen molar-refractivity contribution in [3.05, 3.63) is 102 Å². The Bertz CT molecular complexity index is 920. The standard InChI is InChI=1S/C25H26N2O2/c1-20(2)27(18-22-8-4-3-5-9-22)25(28)16-13-21-11-14-24(15-12-21)29-19-23-10-6-7-17-26-23/h3-17,20H,18-19H2,1-2H3/b16-13+. The van der Waals surface area contributed by atoms with Crippen molar-refractivity contribution in [3.8, 4) is 5.75 Å². The van der Waals surface area contributed by atoms with E-state index < -0.39 is 0 Å². The van der Waals surface area contributed by atoms with Gasteiger partial charge < -0.3 is 9.64 Å². The molecule has 0 saturated heterocycles. The number of amides is 1. The van der Waals surface area contributed by atoms with E-state index in [1.807, 2.05) is 97.6 Å². The second-order valence-electron chi connectivity index (χ2n) is 7.06. The van der Waals surface area contributed by atoms with E-state index in [4.69, 9.17) is 4.74 Å². The molecule has 4 nitrogen and oxygen atoms in total. The highest BCUT2D eigenvalue weighted by Crippen LogP contribution is 2.15. The van der Waals surface area contributed by atoms with Crippen LogP contribution in [0.3, 0.4) is 0 Å². The third kappa shape index (κ3) is 6.32. The van der Waals surface area contributed by atoms with Crippen molar-refractivity contribution >= 4 is 12.0 Å². The zero-order valence-electron chi connectivity index (χ0n) is 16.9. The lowest BCUT2D eigenvalue weighted by atomic mass is 10.1. The zero-order chi connectivity index (χ0) is 20.5. The molecular weight excluding hydrogens is 360 g/mol. The Morgan fingerprint density at radius 1 is 1.00 bits per heavy atom. The first-order valence-corrected chi connectivity index (χ1v) is 9.77. The number of benzene rings is 2. The number of ether oxygens (including phenoxy) is 1. The summed E-state index contributed by atoms with van der Waals surface area (Å²) in [5, 5.41) is 0. The van der Waals surface area contributed by atoms with Crippen molar-refractivity contribution in [1.82, 2.24) is 9.88 Å². The molecule has 0 aliphatic heterocycles. The van der Waals surface area contributed by atoms with Gasteiger partial charge in [-0.15, -0.1) is 0 Å². The van der Waals surface area contributed by atoms with Crippen LogP contribution in [0.4, 0.5) is 0 Å². The maximum absolute atomic E-state index is 12.7. The first kappa shape index (κ1) is 20.3. The Balaban J connectivity index is 1.58. The van der Waals surface area contributed by atoms with Crippen LogP contribution in [0.15, 0.2) is 85.1 Å². The lowest BCUT2D eigenvalue weighted by Gasteiger charge is -2.25. The minimum absolute atomic E-state index is 0.000619. The second kappa shape index (κ2) is 10.2. The molecule has 0 saturated carbocycles. The molecule has 0 aliphatic rings. The Morgan fingerprint density at radius 3 is 2.38 bits per heavy atom. The van der Waals surface area contributed by atoms with Gasteiger partial charge >= 0.3 is 0 Å². The highest BCUT2D eigenvalue weighted by Gasteiger charge is 2.14. The van der Waals surface area contributed by atoms with Crippen LogP contribution < -0.4 is 4.74 Å². The van der Waals surface area contributed by atoms with E-state index in [0.29, 0.717) is 13.2 Å². The highest BCUT2D eigenvalue weighted by molar-refractivity contribution is 5.92. The zero-order valence-corrected chi connectivity index (χ0v) is 16.9. The number of hydrogen-bond acceptors (Lipinski definition) is 3. The van der Waals surface area contributed by atoms with Gasteiger partial charge in [0, 0.05) is 24.9 Å². The number of pyridine rings is 1.